The number of hydrogen-bond donors (Lipinski definition) is 0. The van der Waals surface area contributed by atoms with E-state index in [9.17, 15) is 9.59 Å². The molecule has 0 unspecified atom stereocenters. The Hall–Kier alpha value is -3.51. The molecular formula is C25H22N2O3S. The third-order valence-corrected chi connectivity index (χ3v) is 5.97. The van der Waals surface area contributed by atoms with E-state index in [4.69, 9.17) is 4.74 Å². The molecule has 0 saturated carbocycles. The zero-order valence-corrected chi connectivity index (χ0v) is 18.1. The van der Waals surface area contributed by atoms with Gasteiger partial charge in [0.25, 0.3) is 5.56 Å². The van der Waals surface area contributed by atoms with Crippen LogP contribution in [-0.4, -0.2) is 17.1 Å². The number of ether oxygens (including phenoxy) is 1. The van der Waals surface area contributed by atoms with Gasteiger partial charge in [0.2, 0.25) is 0 Å². The highest BCUT2D eigenvalue weighted by molar-refractivity contribution is 7.07. The van der Waals surface area contributed by atoms with Crippen molar-refractivity contribution in [1.29, 1.82) is 0 Å². The Bertz CT molecular complexity index is 1330. The topological polar surface area (TPSA) is 60.7 Å². The zero-order valence-electron chi connectivity index (χ0n) is 17.3. The highest BCUT2D eigenvalue weighted by atomic mass is 32.1. The van der Waals surface area contributed by atoms with Crippen molar-refractivity contribution in [3.05, 3.63) is 109 Å². The second-order valence-corrected chi connectivity index (χ2v) is 8.01. The summed E-state index contributed by atoms with van der Waals surface area (Å²) >= 11 is 1.32. The number of aromatic nitrogens is 1. The Morgan fingerprint density at radius 1 is 1.13 bits per heavy atom. The molecule has 0 saturated heterocycles. The fraction of sp³-hybridized carbons (Fsp3) is 0.160. The molecule has 3 aromatic rings. The number of carbonyl (C=O) groups excluding carboxylic acids is 1. The van der Waals surface area contributed by atoms with E-state index in [0.717, 1.165) is 11.1 Å². The molecule has 0 bridgehead atoms. The Labute approximate surface area is 184 Å². The van der Waals surface area contributed by atoms with Crippen molar-refractivity contribution in [1.82, 2.24) is 4.57 Å². The van der Waals surface area contributed by atoms with Gasteiger partial charge >= 0.3 is 5.97 Å². The lowest BCUT2D eigenvalue weighted by Gasteiger charge is -2.24. The molecule has 31 heavy (non-hydrogen) atoms. The maximum Gasteiger partial charge on any atom is 0.338 e. The van der Waals surface area contributed by atoms with Crippen molar-refractivity contribution in [3.63, 3.8) is 0 Å². The van der Waals surface area contributed by atoms with Gasteiger partial charge in [-0.2, -0.15) is 0 Å². The molecule has 0 spiro atoms. The molecular weight excluding hydrogens is 408 g/mol. The van der Waals surface area contributed by atoms with Crippen molar-refractivity contribution in [2.75, 3.05) is 6.61 Å². The van der Waals surface area contributed by atoms with E-state index < -0.39 is 12.0 Å². The summed E-state index contributed by atoms with van der Waals surface area (Å²) in [7, 11) is 0. The molecule has 4 rings (SSSR count). The van der Waals surface area contributed by atoms with Gasteiger partial charge in [0.1, 0.15) is 0 Å². The largest absolute Gasteiger partial charge is 0.463 e. The van der Waals surface area contributed by atoms with Crippen LogP contribution in [0.3, 0.4) is 0 Å². The van der Waals surface area contributed by atoms with Crippen LogP contribution in [0, 0.1) is 0 Å². The van der Waals surface area contributed by atoms with Gasteiger partial charge in [-0.25, -0.2) is 9.79 Å². The number of allylic oxidation sites excluding steroid dienone is 2. The van der Waals surface area contributed by atoms with Crippen LogP contribution in [0.1, 0.15) is 31.0 Å². The van der Waals surface area contributed by atoms with Crippen molar-refractivity contribution in [2.24, 2.45) is 4.99 Å². The Kier molecular flexibility index (Phi) is 6.09. The molecule has 0 fully saturated rings. The van der Waals surface area contributed by atoms with Gasteiger partial charge in [-0.05, 0) is 31.1 Å². The molecule has 2 aromatic carbocycles. The molecule has 5 nitrogen and oxygen atoms in total. The number of benzene rings is 2. The number of carbonyl (C=O) groups is 1. The van der Waals surface area contributed by atoms with Gasteiger partial charge in [-0.3, -0.25) is 9.36 Å². The minimum Gasteiger partial charge on any atom is -0.463 e. The second-order valence-electron chi connectivity index (χ2n) is 7.01. The van der Waals surface area contributed by atoms with Crippen LogP contribution < -0.4 is 14.9 Å². The Morgan fingerprint density at radius 3 is 2.48 bits per heavy atom. The summed E-state index contributed by atoms with van der Waals surface area (Å²) in [6.45, 7) is 3.81. The summed E-state index contributed by atoms with van der Waals surface area (Å²) in [6.07, 6.45) is 5.60. The van der Waals surface area contributed by atoms with Crippen LogP contribution in [0.2, 0.25) is 0 Å². The summed E-state index contributed by atoms with van der Waals surface area (Å²) < 4.78 is 7.45. The van der Waals surface area contributed by atoms with Gasteiger partial charge < -0.3 is 4.74 Å². The number of hydrogen-bond acceptors (Lipinski definition) is 5. The lowest BCUT2D eigenvalue weighted by atomic mass is 9.96. The van der Waals surface area contributed by atoms with Crippen LogP contribution in [0.15, 0.2) is 87.8 Å². The smallest absolute Gasteiger partial charge is 0.338 e. The summed E-state index contributed by atoms with van der Waals surface area (Å²) in [6, 6.07) is 18.8. The van der Waals surface area contributed by atoms with Crippen LogP contribution in [0.5, 0.6) is 0 Å². The number of esters is 1. The van der Waals surface area contributed by atoms with Crippen LogP contribution >= 0.6 is 11.3 Å². The molecule has 0 N–H and O–H groups in total. The van der Waals surface area contributed by atoms with Crippen molar-refractivity contribution in [2.45, 2.75) is 19.9 Å². The first-order valence-electron chi connectivity index (χ1n) is 10.1. The van der Waals surface area contributed by atoms with E-state index in [1.807, 2.05) is 72.8 Å². The fourth-order valence-electron chi connectivity index (χ4n) is 3.57. The monoisotopic (exact) mass is 430 g/mol. The molecule has 1 atom stereocenters. The highest BCUT2D eigenvalue weighted by Gasteiger charge is 2.33. The minimum absolute atomic E-state index is 0.176. The molecule has 2 heterocycles. The first kappa shape index (κ1) is 20.8. The SMILES string of the molecule is CCOC(=O)C1=C(C)N=c2sc(=C/C=C/c3ccccc3)c(=O)n2[C@@H]1c1ccccc1. The number of thiazole rings is 1. The van der Waals surface area contributed by atoms with Crippen molar-refractivity contribution in [3.8, 4) is 0 Å². The summed E-state index contributed by atoms with van der Waals surface area (Å²) in [5.41, 5.74) is 2.68. The fourth-order valence-corrected chi connectivity index (χ4v) is 4.57. The summed E-state index contributed by atoms with van der Waals surface area (Å²) in [5, 5.41) is 0. The first-order chi connectivity index (χ1) is 15.1. The number of rotatable bonds is 5. The number of fused-ring (bicyclic) bond motifs is 1. The molecule has 156 valence electrons. The molecule has 1 aliphatic heterocycles. The predicted molar refractivity (Wildman–Crippen MR) is 123 cm³/mol. The summed E-state index contributed by atoms with van der Waals surface area (Å²) in [4.78, 5) is 31.3. The third kappa shape index (κ3) is 4.20. The maximum atomic E-state index is 13.3. The van der Waals surface area contributed by atoms with Gasteiger partial charge in [0.05, 0.1) is 28.5 Å². The van der Waals surface area contributed by atoms with Gasteiger partial charge in [-0.1, -0.05) is 84.2 Å². The van der Waals surface area contributed by atoms with E-state index in [0.29, 0.717) is 20.6 Å². The highest BCUT2D eigenvalue weighted by Crippen LogP contribution is 2.30. The molecule has 1 aliphatic rings. The molecule has 0 radical (unpaired) electrons. The van der Waals surface area contributed by atoms with Crippen molar-refractivity contribution < 1.29 is 9.53 Å². The quantitative estimate of drug-likeness (QED) is 0.583. The van der Waals surface area contributed by atoms with Crippen molar-refractivity contribution >= 4 is 29.5 Å². The summed E-state index contributed by atoms with van der Waals surface area (Å²) in [5.74, 6) is -0.448. The van der Waals surface area contributed by atoms with E-state index >= 15 is 0 Å². The molecule has 0 aliphatic carbocycles. The molecule has 6 heteroatoms. The van der Waals surface area contributed by atoms with E-state index in [-0.39, 0.29) is 12.2 Å². The van der Waals surface area contributed by atoms with Gasteiger partial charge in [0.15, 0.2) is 4.80 Å². The van der Waals surface area contributed by atoms with E-state index in [1.54, 1.807) is 24.5 Å². The minimum atomic E-state index is -0.572. The predicted octanol–water partition coefficient (Wildman–Crippen LogP) is 3.46. The third-order valence-electron chi connectivity index (χ3n) is 4.97. The zero-order chi connectivity index (χ0) is 21.8. The average Bonchev–Trinajstić information content (AvgIpc) is 3.09. The lowest BCUT2D eigenvalue weighted by molar-refractivity contribution is -0.139. The average molecular weight is 431 g/mol. The van der Waals surface area contributed by atoms with E-state index in [2.05, 4.69) is 4.99 Å². The van der Waals surface area contributed by atoms with Crippen LogP contribution in [0.25, 0.3) is 12.2 Å². The lowest BCUT2D eigenvalue weighted by Crippen LogP contribution is -2.39. The number of nitrogens with zero attached hydrogens (tertiary/aromatic N) is 2. The molecule has 0 amide bonds. The normalized spacial score (nSPS) is 16.3. The second kappa shape index (κ2) is 9.10. The Balaban J connectivity index is 1.85. The van der Waals surface area contributed by atoms with Crippen LogP contribution in [0.4, 0.5) is 0 Å². The first-order valence-corrected chi connectivity index (χ1v) is 10.9. The van der Waals surface area contributed by atoms with E-state index in [1.165, 1.54) is 11.3 Å². The van der Waals surface area contributed by atoms with Crippen LogP contribution in [-0.2, 0) is 9.53 Å². The van der Waals surface area contributed by atoms with Gasteiger partial charge in [0, 0.05) is 0 Å². The maximum absolute atomic E-state index is 13.3. The Morgan fingerprint density at radius 2 is 1.81 bits per heavy atom. The standard InChI is InChI=1S/C25H22N2O3S/c1-3-30-24(29)21-17(2)26-25-27(22(21)19-14-8-5-9-15-19)23(28)20(31-25)16-10-13-18-11-6-4-7-12-18/h4-16,22H,3H2,1-2H3/b13-10+,20-16?/t22-/m1/s1. The molecule has 1 aromatic heterocycles. The van der Waals surface area contributed by atoms with Gasteiger partial charge in [-0.15, -0.1) is 0 Å².